The summed E-state index contributed by atoms with van der Waals surface area (Å²) in [6.07, 6.45) is -0.524. The Balaban J connectivity index is 1.45. The molecule has 1 aliphatic rings. The van der Waals surface area contributed by atoms with Crippen LogP contribution in [0.5, 0.6) is 5.75 Å². The van der Waals surface area contributed by atoms with Gasteiger partial charge in [-0.25, -0.2) is 4.79 Å². The van der Waals surface area contributed by atoms with Gasteiger partial charge in [-0.15, -0.1) is 0 Å². The topological polar surface area (TPSA) is 58.6 Å². The fourth-order valence-electron chi connectivity index (χ4n) is 3.78. The number of phenols is 1. The van der Waals surface area contributed by atoms with Gasteiger partial charge in [-0.2, -0.15) is 0 Å². The van der Waals surface area contributed by atoms with Crippen LogP contribution in [0.4, 0.5) is 4.79 Å². The summed E-state index contributed by atoms with van der Waals surface area (Å²) in [5.41, 5.74) is 5.29. The molecule has 1 amide bonds. The van der Waals surface area contributed by atoms with Crippen LogP contribution in [0.1, 0.15) is 35.6 Å². The number of alkyl carbamates (subject to hydrolysis) is 1. The van der Waals surface area contributed by atoms with Gasteiger partial charge in [-0.3, -0.25) is 0 Å². The molecule has 0 aliphatic heterocycles. The minimum atomic E-state index is -0.524. The average molecular weight is 394 g/mol. The van der Waals surface area contributed by atoms with Crippen LogP contribution < -0.4 is 5.32 Å². The van der Waals surface area contributed by atoms with E-state index in [1.807, 2.05) is 24.3 Å². The van der Waals surface area contributed by atoms with Crippen LogP contribution >= 0.6 is 11.6 Å². The Bertz CT molecular complexity index is 988. The van der Waals surface area contributed by atoms with Gasteiger partial charge in [0.05, 0.1) is 6.04 Å². The molecular weight excluding hydrogens is 374 g/mol. The van der Waals surface area contributed by atoms with Crippen molar-refractivity contribution >= 4 is 17.7 Å². The number of hydrogen-bond acceptors (Lipinski definition) is 3. The molecule has 0 aromatic heterocycles. The molecule has 3 aromatic carbocycles. The number of hydrogen-bond donors (Lipinski definition) is 2. The van der Waals surface area contributed by atoms with E-state index in [0.29, 0.717) is 10.6 Å². The predicted octanol–water partition coefficient (Wildman–Crippen LogP) is 5.65. The van der Waals surface area contributed by atoms with Crippen molar-refractivity contribution in [3.05, 3.63) is 88.4 Å². The Hall–Kier alpha value is -2.98. The minimum absolute atomic E-state index is 0.0115. The Morgan fingerprint density at radius 2 is 1.68 bits per heavy atom. The zero-order valence-corrected chi connectivity index (χ0v) is 16.1. The minimum Gasteiger partial charge on any atom is -0.508 e. The van der Waals surface area contributed by atoms with Gasteiger partial charge < -0.3 is 15.2 Å². The lowest BCUT2D eigenvalue weighted by molar-refractivity contribution is 0.139. The van der Waals surface area contributed by atoms with Crippen molar-refractivity contribution in [2.75, 3.05) is 6.61 Å². The lowest BCUT2D eigenvalue weighted by Gasteiger charge is -2.18. The monoisotopic (exact) mass is 393 g/mol. The first-order chi connectivity index (χ1) is 13.5. The molecule has 1 aliphatic carbocycles. The van der Waals surface area contributed by atoms with Gasteiger partial charge in [0.15, 0.2) is 0 Å². The van der Waals surface area contributed by atoms with Crippen molar-refractivity contribution < 1.29 is 14.6 Å². The van der Waals surface area contributed by atoms with Crippen LogP contribution in [-0.2, 0) is 4.74 Å². The molecule has 0 fully saturated rings. The summed E-state index contributed by atoms with van der Waals surface area (Å²) in [6, 6.07) is 20.8. The smallest absolute Gasteiger partial charge is 0.407 e. The Kier molecular flexibility index (Phi) is 4.97. The van der Waals surface area contributed by atoms with Crippen LogP contribution in [0.3, 0.4) is 0 Å². The quantitative estimate of drug-likeness (QED) is 0.602. The molecule has 0 unspecified atom stereocenters. The first kappa shape index (κ1) is 18.4. The van der Waals surface area contributed by atoms with Crippen molar-refractivity contribution in [1.29, 1.82) is 0 Å². The molecule has 0 radical (unpaired) electrons. The third-order valence-electron chi connectivity index (χ3n) is 5.14. The number of amides is 1. The van der Waals surface area contributed by atoms with E-state index in [1.54, 1.807) is 19.1 Å². The molecule has 28 heavy (non-hydrogen) atoms. The zero-order valence-electron chi connectivity index (χ0n) is 15.4. The number of phenolic OH excluding ortho intramolecular Hbond substituents is 1. The summed E-state index contributed by atoms with van der Waals surface area (Å²) >= 11 is 5.86. The summed E-state index contributed by atoms with van der Waals surface area (Å²) in [6.45, 7) is 2.03. The summed E-state index contributed by atoms with van der Waals surface area (Å²) in [7, 11) is 0. The molecule has 5 heteroatoms. The largest absolute Gasteiger partial charge is 0.508 e. The van der Waals surface area contributed by atoms with E-state index >= 15 is 0 Å². The van der Waals surface area contributed by atoms with Gasteiger partial charge in [0, 0.05) is 16.5 Å². The summed E-state index contributed by atoms with van der Waals surface area (Å²) < 4.78 is 5.54. The van der Waals surface area contributed by atoms with Crippen LogP contribution in [0.25, 0.3) is 11.1 Å². The Labute approximate surface area is 168 Å². The molecule has 0 spiro atoms. The molecule has 0 saturated carbocycles. The van der Waals surface area contributed by atoms with Crippen molar-refractivity contribution in [3.63, 3.8) is 0 Å². The number of halogens is 1. The van der Waals surface area contributed by atoms with Crippen molar-refractivity contribution in [1.82, 2.24) is 5.32 Å². The highest BCUT2D eigenvalue weighted by molar-refractivity contribution is 6.30. The maximum atomic E-state index is 12.3. The molecule has 3 aromatic rings. The van der Waals surface area contributed by atoms with Crippen LogP contribution in [0.15, 0.2) is 66.7 Å². The van der Waals surface area contributed by atoms with Gasteiger partial charge in [0.25, 0.3) is 0 Å². The van der Waals surface area contributed by atoms with E-state index in [9.17, 15) is 9.90 Å². The lowest BCUT2D eigenvalue weighted by atomic mass is 9.98. The van der Waals surface area contributed by atoms with E-state index in [0.717, 1.165) is 0 Å². The van der Waals surface area contributed by atoms with Gasteiger partial charge in [0.2, 0.25) is 0 Å². The number of ether oxygens (including phenoxy) is 1. The van der Waals surface area contributed by atoms with Gasteiger partial charge in [-0.1, -0.05) is 66.2 Å². The number of carbonyl (C=O) groups is 1. The molecule has 0 heterocycles. The van der Waals surface area contributed by atoms with Gasteiger partial charge in [-0.05, 0) is 41.3 Å². The number of fused-ring (bicyclic) bond motifs is 3. The summed E-state index contributed by atoms with van der Waals surface area (Å²) in [4.78, 5) is 12.3. The maximum Gasteiger partial charge on any atom is 0.407 e. The Morgan fingerprint density at radius 3 is 2.29 bits per heavy atom. The molecule has 2 N–H and O–H groups in total. The molecule has 4 nitrogen and oxygen atoms in total. The number of carbonyl (C=O) groups excluding carboxylic acids is 1. The average Bonchev–Trinajstić information content (AvgIpc) is 3.00. The molecule has 0 bridgehead atoms. The fourth-order valence-corrected chi connectivity index (χ4v) is 3.94. The highest BCUT2D eigenvalue weighted by Gasteiger charge is 2.29. The lowest BCUT2D eigenvalue weighted by Crippen LogP contribution is -2.28. The highest BCUT2D eigenvalue weighted by Crippen LogP contribution is 2.44. The zero-order chi connectivity index (χ0) is 19.7. The predicted molar refractivity (Wildman–Crippen MR) is 110 cm³/mol. The van der Waals surface area contributed by atoms with E-state index in [1.165, 1.54) is 28.3 Å². The normalized spacial score (nSPS) is 13.5. The standard InChI is InChI=1S/C23H20ClNO3/c1-14(16-11-10-15(24)12-22(16)26)25-23(27)28-13-21-19-8-4-2-6-17(19)18-7-3-5-9-20(18)21/h2-12,14,21,26H,13H2,1H3,(H,25,27)/t14-/m0/s1. The number of aromatic hydroxyl groups is 1. The highest BCUT2D eigenvalue weighted by atomic mass is 35.5. The second-order valence-corrected chi connectivity index (χ2v) is 7.33. The van der Waals surface area contributed by atoms with Gasteiger partial charge in [0.1, 0.15) is 12.4 Å². The molecular formula is C23H20ClNO3. The molecule has 4 rings (SSSR count). The third-order valence-corrected chi connectivity index (χ3v) is 5.37. The van der Waals surface area contributed by atoms with E-state index in [2.05, 4.69) is 29.6 Å². The molecule has 1 atom stereocenters. The van der Waals surface area contributed by atoms with E-state index < -0.39 is 12.1 Å². The van der Waals surface area contributed by atoms with Crippen LogP contribution in [0, 0.1) is 0 Å². The SMILES string of the molecule is C[C@H](NC(=O)OCC1c2ccccc2-c2ccccc21)c1ccc(Cl)cc1O. The second-order valence-electron chi connectivity index (χ2n) is 6.89. The number of benzene rings is 3. The number of nitrogens with one attached hydrogen (secondary N) is 1. The van der Waals surface area contributed by atoms with Crippen LogP contribution in [-0.4, -0.2) is 17.8 Å². The molecule has 142 valence electrons. The van der Waals surface area contributed by atoms with Crippen molar-refractivity contribution in [2.45, 2.75) is 18.9 Å². The first-order valence-corrected chi connectivity index (χ1v) is 9.52. The van der Waals surface area contributed by atoms with Crippen LogP contribution in [0.2, 0.25) is 5.02 Å². The second kappa shape index (κ2) is 7.56. The Morgan fingerprint density at radius 1 is 1.07 bits per heavy atom. The van der Waals surface area contributed by atoms with Gasteiger partial charge >= 0.3 is 6.09 Å². The summed E-state index contributed by atoms with van der Waals surface area (Å²) in [5, 5.41) is 13.2. The van der Waals surface area contributed by atoms with E-state index in [-0.39, 0.29) is 18.3 Å². The fraction of sp³-hybridized carbons (Fsp3) is 0.174. The third kappa shape index (κ3) is 3.43. The number of rotatable bonds is 4. The van der Waals surface area contributed by atoms with Crippen molar-refractivity contribution in [3.8, 4) is 16.9 Å². The van der Waals surface area contributed by atoms with E-state index in [4.69, 9.17) is 16.3 Å². The van der Waals surface area contributed by atoms with Crippen molar-refractivity contribution in [2.24, 2.45) is 0 Å². The molecule has 0 saturated heterocycles. The maximum absolute atomic E-state index is 12.3. The summed E-state index contributed by atoms with van der Waals surface area (Å²) in [5.74, 6) is 0.0522. The first-order valence-electron chi connectivity index (χ1n) is 9.14.